The molecule has 2 fully saturated rings. The number of rotatable bonds is 6. The zero-order chi connectivity index (χ0) is 30.5. The maximum atomic E-state index is 13.3. The predicted molar refractivity (Wildman–Crippen MR) is 172 cm³/mol. The van der Waals surface area contributed by atoms with Gasteiger partial charge in [-0.3, -0.25) is 14.4 Å². The van der Waals surface area contributed by atoms with Crippen LogP contribution in [0.3, 0.4) is 0 Å². The number of nitrogens with zero attached hydrogens (tertiary/aromatic N) is 6. The second kappa shape index (κ2) is 11.3. The van der Waals surface area contributed by atoms with E-state index in [2.05, 4.69) is 31.4 Å². The van der Waals surface area contributed by atoms with Crippen molar-refractivity contribution in [2.75, 3.05) is 52.2 Å². The van der Waals surface area contributed by atoms with Crippen LogP contribution in [0.25, 0.3) is 32.6 Å². The Kier molecular flexibility index (Phi) is 7.33. The lowest BCUT2D eigenvalue weighted by atomic mass is 10.1. The first-order chi connectivity index (χ1) is 21.3. The molecule has 228 valence electrons. The number of hydrogen-bond donors (Lipinski definition) is 1. The Hall–Kier alpha value is -4.29. The number of pyridine rings is 1. The molecule has 0 aromatic carbocycles. The summed E-state index contributed by atoms with van der Waals surface area (Å²) in [6, 6.07) is 7.28. The Morgan fingerprint density at radius 2 is 1.89 bits per heavy atom. The van der Waals surface area contributed by atoms with Crippen molar-refractivity contribution >= 4 is 44.4 Å². The minimum absolute atomic E-state index is 0.0593. The lowest BCUT2D eigenvalue weighted by molar-refractivity contribution is 0.0815. The summed E-state index contributed by atoms with van der Waals surface area (Å²) in [6.45, 7) is 3.35. The molecule has 11 nitrogen and oxygen atoms in total. The van der Waals surface area contributed by atoms with Crippen molar-refractivity contribution < 1.29 is 9.21 Å². The summed E-state index contributed by atoms with van der Waals surface area (Å²) >= 11 is 1.32. The monoisotopic (exact) mass is 613 g/mol. The Balaban J connectivity index is 1.20. The lowest BCUT2D eigenvalue weighted by Gasteiger charge is -2.32. The smallest absolute Gasteiger partial charge is 0.270 e. The highest BCUT2D eigenvalue weighted by atomic mass is 32.1. The number of anilines is 1. The number of piperazine rings is 1. The van der Waals surface area contributed by atoms with Crippen LogP contribution in [0.4, 0.5) is 5.88 Å². The molecule has 1 saturated carbocycles. The molecule has 44 heavy (non-hydrogen) atoms. The number of hydrogen-bond acceptors (Lipinski definition) is 9. The average molecular weight is 614 g/mol. The summed E-state index contributed by atoms with van der Waals surface area (Å²) in [5.74, 6) is 1.01. The summed E-state index contributed by atoms with van der Waals surface area (Å²) in [5.41, 5.74) is 3.31. The van der Waals surface area contributed by atoms with Crippen molar-refractivity contribution in [2.24, 2.45) is 0 Å². The van der Waals surface area contributed by atoms with Gasteiger partial charge in [-0.1, -0.05) is 18.9 Å². The van der Waals surface area contributed by atoms with E-state index in [1.807, 2.05) is 17.5 Å². The third kappa shape index (κ3) is 5.11. The summed E-state index contributed by atoms with van der Waals surface area (Å²) in [5, 5.41) is 2.67. The van der Waals surface area contributed by atoms with Crippen molar-refractivity contribution in [3.8, 4) is 11.3 Å². The van der Waals surface area contributed by atoms with E-state index in [1.54, 1.807) is 37.3 Å². The van der Waals surface area contributed by atoms with Crippen LogP contribution in [0.1, 0.15) is 53.6 Å². The molecule has 1 aliphatic carbocycles. The van der Waals surface area contributed by atoms with Gasteiger partial charge in [0.25, 0.3) is 11.5 Å². The van der Waals surface area contributed by atoms with E-state index in [4.69, 9.17) is 9.40 Å². The van der Waals surface area contributed by atoms with Gasteiger partial charge >= 0.3 is 0 Å². The van der Waals surface area contributed by atoms with E-state index in [0.29, 0.717) is 44.5 Å². The topological polar surface area (TPSA) is 121 Å². The molecule has 7 rings (SSSR count). The van der Waals surface area contributed by atoms with E-state index < -0.39 is 0 Å². The molecule has 0 unspecified atom stereocenters. The first-order valence-electron chi connectivity index (χ1n) is 15.1. The van der Waals surface area contributed by atoms with Gasteiger partial charge < -0.3 is 28.7 Å². The summed E-state index contributed by atoms with van der Waals surface area (Å²) in [6.07, 6.45) is 6.25. The van der Waals surface area contributed by atoms with E-state index in [1.165, 1.54) is 11.3 Å². The largest absolute Gasteiger partial charge is 0.439 e. The van der Waals surface area contributed by atoms with Gasteiger partial charge in [-0.05, 0) is 32.0 Å². The molecule has 1 saturated heterocycles. The van der Waals surface area contributed by atoms with Crippen molar-refractivity contribution in [3.63, 3.8) is 0 Å². The van der Waals surface area contributed by atoms with Gasteiger partial charge in [0.15, 0.2) is 11.5 Å². The summed E-state index contributed by atoms with van der Waals surface area (Å²) in [7, 11) is 5.59. The Morgan fingerprint density at radius 1 is 1.11 bits per heavy atom. The maximum Gasteiger partial charge on any atom is 0.270 e. The second-order valence-electron chi connectivity index (χ2n) is 12.1. The molecule has 0 bridgehead atoms. The number of fused-ring (bicyclic) bond motifs is 2. The minimum atomic E-state index is -0.252. The SMILES string of the molecule is CN1CCN(c2cc(=O)c3scc(-c4ccc(Cc5ncc6cc(C(=O)N(C)C)n(C7CCCC7)c6n5)c(=O)[nH]4)c3o2)CC1. The molecule has 12 heteroatoms. The number of carbonyl (C=O) groups is 1. The van der Waals surface area contributed by atoms with E-state index >= 15 is 0 Å². The van der Waals surface area contributed by atoms with Gasteiger partial charge in [-0.15, -0.1) is 11.3 Å². The highest BCUT2D eigenvalue weighted by molar-refractivity contribution is 7.17. The van der Waals surface area contributed by atoms with Crippen LogP contribution >= 0.6 is 11.3 Å². The molecular formula is C32H35N7O4S. The lowest BCUT2D eigenvalue weighted by Crippen LogP contribution is -2.44. The average Bonchev–Trinajstić information content (AvgIpc) is 3.77. The maximum absolute atomic E-state index is 13.3. The molecular weight excluding hydrogens is 578 g/mol. The number of nitrogens with one attached hydrogen (secondary N) is 1. The van der Waals surface area contributed by atoms with Gasteiger partial charge in [0.05, 0.1) is 11.3 Å². The molecule has 0 atom stereocenters. The quantitative estimate of drug-likeness (QED) is 0.304. The Labute approximate surface area is 257 Å². The number of amides is 1. The van der Waals surface area contributed by atoms with Crippen molar-refractivity contribution in [3.05, 3.63) is 73.5 Å². The zero-order valence-corrected chi connectivity index (χ0v) is 25.9. The van der Waals surface area contributed by atoms with Gasteiger partial charge in [-0.25, -0.2) is 9.97 Å². The van der Waals surface area contributed by atoms with Gasteiger partial charge in [0.1, 0.15) is 21.9 Å². The van der Waals surface area contributed by atoms with Gasteiger partial charge in [0.2, 0.25) is 5.43 Å². The van der Waals surface area contributed by atoms with E-state index in [0.717, 1.165) is 62.9 Å². The molecule has 0 spiro atoms. The molecule has 1 aliphatic heterocycles. The van der Waals surface area contributed by atoms with E-state index in [-0.39, 0.29) is 29.4 Å². The van der Waals surface area contributed by atoms with Crippen molar-refractivity contribution in [1.29, 1.82) is 0 Å². The number of aromatic nitrogens is 4. The number of likely N-dealkylation sites (N-methyl/N-ethyl adjacent to an activating group) is 1. The second-order valence-corrected chi connectivity index (χ2v) is 12.9. The molecule has 5 aromatic rings. The van der Waals surface area contributed by atoms with Gasteiger partial charge in [0, 0.05) is 81.3 Å². The van der Waals surface area contributed by atoms with Crippen LogP contribution in [-0.4, -0.2) is 82.5 Å². The minimum Gasteiger partial charge on any atom is -0.439 e. The Bertz CT molecular complexity index is 1990. The fourth-order valence-corrected chi connectivity index (χ4v) is 7.23. The normalized spacial score (nSPS) is 16.4. The van der Waals surface area contributed by atoms with Crippen molar-refractivity contribution in [1.82, 2.24) is 29.3 Å². The van der Waals surface area contributed by atoms with Crippen LogP contribution in [0, 0.1) is 0 Å². The molecule has 1 amide bonds. The fourth-order valence-electron chi connectivity index (χ4n) is 6.32. The van der Waals surface area contributed by atoms with Crippen LogP contribution in [0.2, 0.25) is 0 Å². The molecule has 6 heterocycles. The van der Waals surface area contributed by atoms with Crippen molar-refractivity contribution in [2.45, 2.75) is 38.1 Å². The summed E-state index contributed by atoms with van der Waals surface area (Å²) in [4.78, 5) is 57.7. The third-order valence-corrected chi connectivity index (χ3v) is 9.79. The number of thiophene rings is 1. The molecule has 1 N–H and O–H groups in total. The first-order valence-corrected chi connectivity index (χ1v) is 15.9. The number of aromatic amines is 1. The predicted octanol–water partition coefficient (Wildman–Crippen LogP) is 4.11. The molecule has 2 aliphatic rings. The van der Waals surface area contributed by atoms with Crippen LogP contribution in [0.15, 0.2) is 49.8 Å². The van der Waals surface area contributed by atoms with Crippen LogP contribution in [-0.2, 0) is 6.42 Å². The first kappa shape index (κ1) is 28.5. The zero-order valence-electron chi connectivity index (χ0n) is 25.1. The van der Waals surface area contributed by atoms with Gasteiger partial charge in [-0.2, -0.15) is 0 Å². The third-order valence-electron chi connectivity index (χ3n) is 8.82. The van der Waals surface area contributed by atoms with Crippen LogP contribution < -0.4 is 15.9 Å². The summed E-state index contributed by atoms with van der Waals surface area (Å²) < 4.78 is 8.89. The standard InChI is InChI=1S/C32H35N7O4S/c1-36(2)32(42)24-14-20-17-33-26(35-30(20)39(24)21-6-4-5-7-21)15-19-8-9-23(34-31(19)41)22-18-44-29-25(40)16-27(43-28(22)29)38-12-10-37(3)11-13-38/h8-9,14,16-18,21H,4-7,10-13,15H2,1-3H3,(H,34,41). The Morgan fingerprint density at radius 3 is 2.61 bits per heavy atom. The highest BCUT2D eigenvalue weighted by Crippen LogP contribution is 2.35. The molecule has 0 radical (unpaired) electrons. The number of H-pyrrole nitrogens is 1. The molecule has 5 aromatic heterocycles. The number of carbonyl (C=O) groups excluding carboxylic acids is 1. The van der Waals surface area contributed by atoms with Crippen LogP contribution in [0.5, 0.6) is 0 Å². The highest BCUT2D eigenvalue weighted by Gasteiger charge is 2.27. The van der Waals surface area contributed by atoms with E-state index in [9.17, 15) is 14.4 Å². The fraction of sp³-hybridized carbons (Fsp3) is 0.406.